The highest BCUT2D eigenvalue weighted by Crippen LogP contribution is 2.23. The van der Waals surface area contributed by atoms with Crippen LogP contribution >= 0.6 is 0 Å². The second-order valence-corrected chi connectivity index (χ2v) is 6.82. The molecule has 25 heavy (non-hydrogen) atoms. The van der Waals surface area contributed by atoms with Crippen molar-refractivity contribution >= 4 is 17.6 Å². The van der Waals surface area contributed by atoms with Crippen LogP contribution in [-0.2, 0) is 4.79 Å². The third-order valence-corrected chi connectivity index (χ3v) is 4.93. The Morgan fingerprint density at radius 1 is 1.24 bits per heavy atom. The lowest BCUT2D eigenvalue weighted by molar-refractivity contribution is -0.137. The molecular formula is C20H30N2O3. The minimum atomic E-state index is -0.758. The lowest BCUT2D eigenvalue weighted by Gasteiger charge is -2.33. The molecule has 1 aliphatic heterocycles. The summed E-state index contributed by atoms with van der Waals surface area (Å²) in [4.78, 5) is 27.7. The van der Waals surface area contributed by atoms with Gasteiger partial charge in [0.05, 0.1) is 0 Å². The molecule has 0 bridgehead atoms. The molecule has 1 aliphatic rings. The van der Waals surface area contributed by atoms with Gasteiger partial charge >= 0.3 is 5.97 Å². The minimum absolute atomic E-state index is 0.0603. The van der Waals surface area contributed by atoms with Gasteiger partial charge in [-0.25, -0.2) is 0 Å². The number of likely N-dealkylation sites (tertiary alicyclic amines) is 1. The number of hydrogen-bond acceptors (Lipinski definition) is 3. The van der Waals surface area contributed by atoms with Crippen molar-refractivity contribution in [1.29, 1.82) is 0 Å². The largest absolute Gasteiger partial charge is 0.481 e. The molecular weight excluding hydrogens is 316 g/mol. The van der Waals surface area contributed by atoms with Gasteiger partial charge in [0.15, 0.2) is 0 Å². The monoisotopic (exact) mass is 346 g/mol. The van der Waals surface area contributed by atoms with Gasteiger partial charge < -0.3 is 14.9 Å². The van der Waals surface area contributed by atoms with Crippen LogP contribution < -0.4 is 4.90 Å². The summed E-state index contributed by atoms with van der Waals surface area (Å²) in [7, 11) is 0. The van der Waals surface area contributed by atoms with Gasteiger partial charge in [0.1, 0.15) is 0 Å². The van der Waals surface area contributed by atoms with Crippen LogP contribution in [0.25, 0.3) is 0 Å². The molecule has 1 unspecified atom stereocenters. The number of carboxylic acids is 1. The summed E-state index contributed by atoms with van der Waals surface area (Å²) in [6.07, 6.45) is 3.90. The Morgan fingerprint density at radius 3 is 2.56 bits per heavy atom. The Morgan fingerprint density at radius 2 is 1.96 bits per heavy atom. The molecule has 0 radical (unpaired) electrons. The molecule has 1 heterocycles. The number of carbonyl (C=O) groups is 2. The lowest BCUT2D eigenvalue weighted by atomic mass is 9.93. The first-order valence-electron chi connectivity index (χ1n) is 9.41. The first-order valence-corrected chi connectivity index (χ1v) is 9.41. The summed E-state index contributed by atoms with van der Waals surface area (Å²) in [5, 5.41) is 8.84. The van der Waals surface area contributed by atoms with E-state index in [0.717, 1.165) is 50.1 Å². The number of carbonyl (C=O) groups excluding carboxylic acids is 1. The topological polar surface area (TPSA) is 60.9 Å². The van der Waals surface area contributed by atoms with Crippen molar-refractivity contribution < 1.29 is 14.7 Å². The number of hydrogen-bond donors (Lipinski definition) is 1. The van der Waals surface area contributed by atoms with Crippen LogP contribution in [0.3, 0.4) is 0 Å². The van der Waals surface area contributed by atoms with Gasteiger partial charge in [0.2, 0.25) is 0 Å². The molecule has 5 nitrogen and oxygen atoms in total. The predicted molar refractivity (Wildman–Crippen MR) is 100 cm³/mol. The molecule has 138 valence electrons. The summed E-state index contributed by atoms with van der Waals surface area (Å²) in [6.45, 7) is 7.71. The van der Waals surface area contributed by atoms with Crippen LogP contribution in [0.2, 0.25) is 0 Å². The van der Waals surface area contributed by atoms with Crippen LogP contribution in [0.5, 0.6) is 0 Å². The van der Waals surface area contributed by atoms with E-state index in [0.29, 0.717) is 18.9 Å². The first-order chi connectivity index (χ1) is 12.0. The van der Waals surface area contributed by atoms with E-state index in [9.17, 15) is 9.59 Å². The number of amides is 1. The number of piperidine rings is 1. The highest BCUT2D eigenvalue weighted by molar-refractivity contribution is 5.94. The number of carboxylic acid groups (broad SMARTS) is 1. The van der Waals surface area contributed by atoms with E-state index >= 15 is 0 Å². The molecule has 0 saturated carbocycles. The van der Waals surface area contributed by atoms with Crippen LogP contribution in [0.4, 0.5) is 5.69 Å². The summed E-state index contributed by atoms with van der Waals surface area (Å²) in [5.74, 6) is -0.398. The molecule has 0 aromatic heterocycles. The quantitative estimate of drug-likeness (QED) is 0.781. The Labute approximate surface area is 150 Å². The van der Waals surface area contributed by atoms with E-state index < -0.39 is 5.97 Å². The molecule has 0 aliphatic carbocycles. The Bertz CT molecular complexity index is 571. The number of benzene rings is 1. The van der Waals surface area contributed by atoms with Crippen molar-refractivity contribution in [3.63, 3.8) is 0 Å². The maximum absolute atomic E-state index is 12.8. The average molecular weight is 346 g/mol. The predicted octanol–water partition coefficient (Wildman–Crippen LogP) is 3.64. The van der Waals surface area contributed by atoms with Crippen molar-refractivity contribution in [2.75, 3.05) is 31.1 Å². The second kappa shape index (κ2) is 9.44. The number of aliphatic carboxylic acids is 1. The maximum atomic E-state index is 12.8. The Kier molecular flexibility index (Phi) is 7.29. The Balaban J connectivity index is 1.98. The van der Waals surface area contributed by atoms with Crippen molar-refractivity contribution in [1.82, 2.24) is 4.90 Å². The second-order valence-electron chi connectivity index (χ2n) is 6.82. The normalized spacial score (nSPS) is 17.4. The van der Waals surface area contributed by atoms with E-state index in [1.807, 2.05) is 29.2 Å². The maximum Gasteiger partial charge on any atom is 0.303 e. The van der Waals surface area contributed by atoms with Crippen molar-refractivity contribution in [2.45, 2.75) is 46.0 Å². The lowest BCUT2D eigenvalue weighted by Crippen LogP contribution is -2.40. The highest BCUT2D eigenvalue weighted by Gasteiger charge is 2.24. The molecule has 1 aromatic rings. The van der Waals surface area contributed by atoms with Crippen LogP contribution in [-0.4, -0.2) is 48.1 Å². The van der Waals surface area contributed by atoms with Crippen molar-refractivity contribution in [2.24, 2.45) is 5.92 Å². The van der Waals surface area contributed by atoms with Gasteiger partial charge in [-0.15, -0.1) is 0 Å². The number of rotatable bonds is 8. The van der Waals surface area contributed by atoms with Crippen molar-refractivity contribution in [3.05, 3.63) is 29.8 Å². The summed E-state index contributed by atoms with van der Waals surface area (Å²) in [6, 6.07) is 7.88. The molecule has 1 saturated heterocycles. The highest BCUT2D eigenvalue weighted by atomic mass is 16.4. The summed E-state index contributed by atoms with van der Waals surface area (Å²) < 4.78 is 0. The van der Waals surface area contributed by atoms with Gasteiger partial charge in [-0.1, -0.05) is 6.92 Å². The third kappa shape index (κ3) is 5.48. The molecule has 0 spiro atoms. The zero-order chi connectivity index (χ0) is 18.2. The van der Waals surface area contributed by atoms with Gasteiger partial charge in [-0.2, -0.15) is 0 Å². The molecule has 1 amide bonds. The van der Waals surface area contributed by atoms with Gasteiger partial charge in [0.25, 0.3) is 5.91 Å². The third-order valence-electron chi connectivity index (χ3n) is 4.93. The average Bonchev–Trinajstić information content (AvgIpc) is 2.64. The van der Waals surface area contributed by atoms with Gasteiger partial charge in [-0.3, -0.25) is 9.59 Å². The zero-order valence-corrected chi connectivity index (χ0v) is 15.4. The fourth-order valence-electron chi connectivity index (χ4n) is 3.55. The van der Waals surface area contributed by atoms with Gasteiger partial charge in [-0.05, 0) is 62.8 Å². The number of nitrogens with zero attached hydrogens (tertiary/aromatic N) is 2. The standard InChI is InChI=1S/C20H30N2O3/c1-3-13-21(4-2)18-10-8-17(9-11-18)20(25)22-14-5-6-16(15-22)7-12-19(23)24/h8-11,16H,3-7,12-15H2,1-2H3,(H,23,24). The smallest absolute Gasteiger partial charge is 0.303 e. The van der Waals surface area contributed by atoms with Crippen LogP contribution in [0.15, 0.2) is 24.3 Å². The van der Waals surface area contributed by atoms with Crippen LogP contribution in [0.1, 0.15) is 56.3 Å². The SMILES string of the molecule is CCCN(CC)c1ccc(C(=O)N2CCCC(CCC(=O)O)C2)cc1. The summed E-state index contributed by atoms with van der Waals surface area (Å²) in [5.41, 5.74) is 1.87. The van der Waals surface area contributed by atoms with Crippen LogP contribution in [0, 0.1) is 5.92 Å². The molecule has 2 rings (SSSR count). The Hall–Kier alpha value is -2.04. The molecule has 1 aromatic carbocycles. The van der Waals surface area contributed by atoms with E-state index in [-0.39, 0.29) is 12.3 Å². The minimum Gasteiger partial charge on any atom is -0.481 e. The van der Waals surface area contributed by atoms with E-state index in [4.69, 9.17) is 5.11 Å². The molecule has 1 fully saturated rings. The van der Waals surface area contributed by atoms with E-state index in [1.165, 1.54) is 0 Å². The van der Waals surface area contributed by atoms with Gasteiger partial charge in [0, 0.05) is 43.9 Å². The fraction of sp³-hybridized carbons (Fsp3) is 0.600. The van der Waals surface area contributed by atoms with E-state index in [2.05, 4.69) is 18.7 Å². The zero-order valence-electron chi connectivity index (χ0n) is 15.4. The summed E-state index contributed by atoms with van der Waals surface area (Å²) >= 11 is 0. The van der Waals surface area contributed by atoms with E-state index in [1.54, 1.807) is 0 Å². The molecule has 5 heteroatoms. The number of anilines is 1. The molecule has 1 atom stereocenters. The first kappa shape index (κ1) is 19.3. The molecule has 1 N–H and O–H groups in total. The fourth-order valence-corrected chi connectivity index (χ4v) is 3.55. The van der Waals surface area contributed by atoms with Crippen molar-refractivity contribution in [3.8, 4) is 0 Å².